The monoisotopic (exact) mass is 260 g/mol. The molecular formula is C15H20N2O2. The highest BCUT2D eigenvalue weighted by atomic mass is 16.3. The molecule has 102 valence electrons. The van der Waals surface area contributed by atoms with Crippen LogP contribution < -0.4 is 5.32 Å². The van der Waals surface area contributed by atoms with Crippen LogP contribution in [-0.2, 0) is 19.6 Å². The van der Waals surface area contributed by atoms with Gasteiger partial charge >= 0.3 is 0 Å². The lowest BCUT2D eigenvalue weighted by molar-refractivity contribution is 0.281. The summed E-state index contributed by atoms with van der Waals surface area (Å²) in [5, 5.41) is 3.46. The zero-order chi connectivity index (χ0) is 13.1. The van der Waals surface area contributed by atoms with Crippen molar-refractivity contribution in [3.05, 3.63) is 47.8 Å². The maximum absolute atomic E-state index is 5.82. The third-order valence-electron chi connectivity index (χ3n) is 3.32. The Morgan fingerprint density at radius 2 is 2.05 bits per heavy atom. The van der Waals surface area contributed by atoms with Crippen LogP contribution in [0.3, 0.4) is 0 Å². The summed E-state index contributed by atoms with van der Waals surface area (Å²) >= 11 is 0. The van der Waals surface area contributed by atoms with Crippen molar-refractivity contribution in [2.24, 2.45) is 0 Å². The summed E-state index contributed by atoms with van der Waals surface area (Å²) in [6, 6.07) is 6.84. The highest BCUT2D eigenvalue weighted by molar-refractivity contribution is 5.09. The molecule has 0 radical (unpaired) electrons. The Labute approximate surface area is 113 Å². The zero-order valence-corrected chi connectivity index (χ0v) is 11.3. The molecule has 4 heteroatoms. The Hall–Kier alpha value is -1.52. The van der Waals surface area contributed by atoms with Crippen LogP contribution in [0.2, 0.25) is 0 Å². The molecular weight excluding hydrogens is 240 g/mol. The Kier molecular flexibility index (Phi) is 3.71. The average molecular weight is 260 g/mol. The lowest BCUT2D eigenvalue weighted by atomic mass is 10.3. The van der Waals surface area contributed by atoms with E-state index >= 15 is 0 Å². The average Bonchev–Trinajstić information content (AvgIpc) is 2.88. The van der Waals surface area contributed by atoms with Crippen molar-refractivity contribution in [2.75, 3.05) is 7.05 Å². The molecule has 4 nitrogen and oxygen atoms in total. The normalized spacial score (nSPS) is 15.3. The minimum Gasteiger partial charge on any atom is -0.472 e. The van der Waals surface area contributed by atoms with Gasteiger partial charge in [-0.2, -0.15) is 0 Å². The fourth-order valence-electron chi connectivity index (χ4n) is 2.15. The molecule has 0 aliphatic heterocycles. The first kappa shape index (κ1) is 12.5. The molecule has 0 aromatic carbocycles. The van der Waals surface area contributed by atoms with Gasteiger partial charge in [0.2, 0.25) is 0 Å². The number of nitrogens with zero attached hydrogens (tertiary/aromatic N) is 1. The van der Waals surface area contributed by atoms with Gasteiger partial charge in [0.1, 0.15) is 11.5 Å². The molecule has 0 spiro atoms. The van der Waals surface area contributed by atoms with Gasteiger partial charge in [-0.3, -0.25) is 4.90 Å². The van der Waals surface area contributed by atoms with Gasteiger partial charge in [-0.1, -0.05) is 0 Å². The zero-order valence-electron chi connectivity index (χ0n) is 11.3. The smallest absolute Gasteiger partial charge is 0.118 e. The van der Waals surface area contributed by atoms with E-state index < -0.39 is 0 Å². The van der Waals surface area contributed by atoms with Gasteiger partial charge < -0.3 is 14.2 Å². The Bertz CT molecular complexity index is 500. The van der Waals surface area contributed by atoms with Crippen LogP contribution in [0.1, 0.15) is 29.9 Å². The first-order chi connectivity index (χ1) is 9.29. The Morgan fingerprint density at radius 3 is 2.79 bits per heavy atom. The van der Waals surface area contributed by atoms with Gasteiger partial charge in [0.25, 0.3) is 0 Å². The summed E-state index contributed by atoms with van der Waals surface area (Å²) in [5.74, 6) is 2.04. The maximum atomic E-state index is 5.82. The number of hydrogen-bond acceptors (Lipinski definition) is 4. The minimum absolute atomic E-state index is 0.720. The molecule has 0 atom stereocenters. The molecule has 2 heterocycles. The minimum atomic E-state index is 0.720. The van der Waals surface area contributed by atoms with Crippen LogP contribution in [0.15, 0.2) is 39.6 Å². The number of hydrogen-bond donors (Lipinski definition) is 1. The standard InChI is InChI=1S/C15H20N2O2/c1-17(9-12-6-7-18-11-12)10-15-5-4-14(19-15)8-16-13-2-3-13/h4-7,11,13,16H,2-3,8-10H2,1H3. The fourth-order valence-corrected chi connectivity index (χ4v) is 2.15. The topological polar surface area (TPSA) is 41.6 Å². The van der Waals surface area contributed by atoms with Crippen LogP contribution in [0.25, 0.3) is 0 Å². The summed E-state index contributed by atoms with van der Waals surface area (Å²) in [6.45, 7) is 2.53. The molecule has 1 N–H and O–H groups in total. The number of furan rings is 2. The van der Waals surface area contributed by atoms with Crippen LogP contribution in [-0.4, -0.2) is 18.0 Å². The van der Waals surface area contributed by atoms with Gasteiger partial charge in [0.05, 0.1) is 25.6 Å². The van der Waals surface area contributed by atoms with E-state index in [1.807, 2.05) is 6.07 Å². The van der Waals surface area contributed by atoms with E-state index in [4.69, 9.17) is 8.83 Å². The second-order valence-electron chi connectivity index (χ2n) is 5.33. The highest BCUT2D eigenvalue weighted by Crippen LogP contribution is 2.20. The number of rotatable bonds is 7. The molecule has 0 unspecified atom stereocenters. The van der Waals surface area contributed by atoms with Crippen molar-refractivity contribution < 1.29 is 8.83 Å². The van der Waals surface area contributed by atoms with Gasteiger partial charge in [-0.25, -0.2) is 0 Å². The van der Waals surface area contributed by atoms with Crippen molar-refractivity contribution in [1.29, 1.82) is 0 Å². The first-order valence-electron chi connectivity index (χ1n) is 6.80. The summed E-state index contributed by atoms with van der Waals surface area (Å²) in [5.41, 5.74) is 1.18. The highest BCUT2D eigenvalue weighted by Gasteiger charge is 2.20. The molecule has 1 aliphatic carbocycles. The molecule has 0 saturated heterocycles. The van der Waals surface area contributed by atoms with E-state index in [0.717, 1.165) is 37.2 Å². The first-order valence-corrected chi connectivity index (χ1v) is 6.80. The SMILES string of the molecule is CN(Cc1ccoc1)Cc1ccc(CNC2CC2)o1. The summed E-state index contributed by atoms with van der Waals surface area (Å²) < 4.78 is 10.9. The Morgan fingerprint density at radius 1 is 1.21 bits per heavy atom. The molecule has 1 aliphatic rings. The Balaban J connectivity index is 1.48. The molecule has 19 heavy (non-hydrogen) atoms. The summed E-state index contributed by atoms with van der Waals surface area (Å²) in [6.07, 6.45) is 6.10. The van der Waals surface area contributed by atoms with Crippen LogP contribution in [0, 0.1) is 0 Å². The van der Waals surface area contributed by atoms with Gasteiger partial charge in [0.15, 0.2) is 0 Å². The fraction of sp³-hybridized carbons (Fsp3) is 0.467. The third kappa shape index (κ3) is 3.72. The molecule has 3 rings (SSSR count). The van der Waals surface area contributed by atoms with E-state index in [9.17, 15) is 0 Å². The van der Waals surface area contributed by atoms with E-state index in [1.54, 1.807) is 12.5 Å². The van der Waals surface area contributed by atoms with Crippen molar-refractivity contribution in [3.63, 3.8) is 0 Å². The van der Waals surface area contributed by atoms with E-state index in [2.05, 4.69) is 29.4 Å². The summed E-state index contributed by atoms with van der Waals surface area (Å²) in [7, 11) is 2.08. The predicted molar refractivity (Wildman–Crippen MR) is 72.4 cm³/mol. The molecule has 2 aromatic rings. The molecule has 1 fully saturated rings. The second kappa shape index (κ2) is 5.63. The van der Waals surface area contributed by atoms with E-state index in [1.165, 1.54) is 18.4 Å². The maximum Gasteiger partial charge on any atom is 0.118 e. The second-order valence-corrected chi connectivity index (χ2v) is 5.33. The lowest BCUT2D eigenvalue weighted by Crippen LogP contribution is -2.16. The van der Waals surface area contributed by atoms with Crippen LogP contribution in [0.4, 0.5) is 0 Å². The van der Waals surface area contributed by atoms with Crippen LogP contribution >= 0.6 is 0 Å². The molecule has 1 saturated carbocycles. The number of nitrogens with one attached hydrogen (secondary N) is 1. The largest absolute Gasteiger partial charge is 0.472 e. The van der Waals surface area contributed by atoms with Gasteiger partial charge in [-0.05, 0) is 38.1 Å². The quantitative estimate of drug-likeness (QED) is 0.831. The van der Waals surface area contributed by atoms with Gasteiger partial charge in [0, 0.05) is 18.2 Å². The third-order valence-corrected chi connectivity index (χ3v) is 3.32. The summed E-state index contributed by atoms with van der Waals surface area (Å²) in [4.78, 5) is 2.21. The predicted octanol–water partition coefficient (Wildman–Crippen LogP) is 2.76. The van der Waals surface area contributed by atoms with E-state index in [-0.39, 0.29) is 0 Å². The lowest BCUT2D eigenvalue weighted by Gasteiger charge is -2.13. The van der Waals surface area contributed by atoms with Crippen molar-refractivity contribution in [1.82, 2.24) is 10.2 Å². The molecule has 2 aromatic heterocycles. The van der Waals surface area contributed by atoms with Gasteiger partial charge in [-0.15, -0.1) is 0 Å². The molecule has 0 bridgehead atoms. The molecule has 0 amide bonds. The van der Waals surface area contributed by atoms with Crippen molar-refractivity contribution in [3.8, 4) is 0 Å². The van der Waals surface area contributed by atoms with Crippen LogP contribution in [0.5, 0.6) is 0 Å². The van der Waals surface area contributed by atoms with Crippen molar-refractivity contribution >= 4 is 0 Å². The van der Waals surface area contributed by atoms with E-state index in [0.29, 0.717) is 0 Å². The van der Waals surface area contributed by atoms with Crippen molar-refractivity contribution in [2.45, 2.75) is 38.5 Å².